The molecule has 2 N–H and O–H groups in total. The van der Waals surface area contributed by atoms with Crippen LogP contribution in [0, 0.1) is 0 Å². The van der Waals surface area contributed by atoms with Crippen molar-refractivity contribution < 1.29 is 19.4 Å². The molecule has 1 aliphatic rings. The van der Waals surface area contributed by atoms with E-state index < -0.39 is 6.09 Å². The molecule has 0 saturated carbocycles. The van der Waals surface area contributed by atoms with Gasteiger partial charge in [0.1, 0.15) is 0 Å². The van der Waals surface area contributed by atoms with Gasteiger partial charge in [0.05, 0.1) is 11.8 Å². The number of carbonyl (C=O) groups excluding carboxylic acids is 1. The molecule has 0 spiro atoms. The first-order valence-electron chi connectivity index (χ1n) is 9.92. The molecule has 3 heterocycles. The van der Waals surface area contributed by atoms with E-state index >= 15 is 0 Å². The number of rotatable bonds is 5. The van der Waals surface area contributed by atoms with E-state index in [0.29, 0.717) is 30.9 Å². The Morgan fingerprint density at radius 3 is 2.57 bits per heavy atom. The summed E-state index contributed by atoms with van der Waals surface area (Å²) in [5.74, 6) is 0.0283. The number of hydrogen-bond donors (Lipinski definition) is 2. The number of likely N-dealkylation sites (tertiary alicyclic amines) is 1. The predicted octanol–water partition coefficient (Wildman–Crippen LogP) is 3.13. The Hall–Kier alpha value is -3.46. The molecule has 4 rings (SSSR count). The zero-order valence-corrected chi connectivity index (χ0v) is 16.6. The minimum atomic E-state index is -1.22. The number of anilines is 1. The van der Waals surface area contributed by atoms with E-state index in [9.17, 15) is 9.59 Å². The van der Waals surface area contributed by atoms with Crippen LogP contribution in [0.15, 0.2) is 42.5 Å². The number of benzene rings is 1. The Morgan fingerprint density at radius 1 is 1.17 bits per heavy atom. The Bertz CT molecular complexity index is 1050. The number of nitrogens with one attached hydrogen (secondary N) is 1. The molecule has 1 aliphatic heterocycles. The summed E-state index contributed by atoms with van der Waals surface area (Å²) in [6.07, 6.45) is 0.739. The normalized spacial score (nSPS) is 14.8. The van der Waals surface area contributed by atoms with Crippen molar-refractivity contribution in [2.24, 2.45) is 0 Å². The van der Waals surface area contributed by atoms with Crippen LogP contribution in [0.2, 0.25) is 0 Å². The monoisotopic (exact) mass is 409 g/mol. The van der Waals surface area contributed by atoms with E-state index in [2.05, 4.69) is 15.4 Å². The Kier molecular flexibility index (Phi) is 5.62. The maximum Gasteiger partial charge on any atom is 0.411 e. The molecule has 0 atom stereocenters. The number of hydrogen-bond acceptors (Lipinski definition) is 5. The average Bonchev–Trinajstić information content (AvgIpc) is 3.16. The lowest BCUT2D eigenvalue weighted by molar-refractivity contribution is 0.0146. The molecule has 1 saturated heterocycles. The van der Waals surface area contributed by atoms with E-state index in [4.69, 9.17) is 9.84 Å². The Labute approximate surface area is 173 Å². The molecule has 156 valence electrons. The van der Waals surface area contributed by atoms with Crippen LogP contribution in [-0.2, 0) is 4.74 Å². The van der Waals surface area contributed by atoms with Gasteiger partial charge in [0, 0.05) is 30.8 Å². The highest BCUT2D eigenvalue weighted by atomic mass is 16.5. The molecular weight excluding hydrogens is 386 g/mol. The third-order valence-corrected chi connectivity index (χ3v) is 5.14. The fraction of sp³-hybridized carbons (Fsp3) is 0.333. The first-order chi connectivity index (χ1) is 14.5. The van der Waals surface area contributed by atoms with Gasteiger partial charge in [0.15, 0.2) is 5.65 Å². The van der Waals surface area contributed by atoms with Gasteiger partial charge in [0.25, 0.3) is 11.9 Å². The van der Waals surface area contributed by atoms with Gasteiger partial charge in [-0.3, -0.25) is 10.1 Å². The van der Waals surface area contributed by atoms with Gasteiger partial charge in [-0.15, -0.1) is 5.10 Å². The molecule has 2 aromatic heterocycles. The van der Waals surface area contributed by atoms with E-state index in [0.717, 1.165) is 24.1 Å². The van der Waals surface area contributed by atoms with Crippen LogP contribution in [0.5, 0.6) is 0 Å². The van der Waals surface area contributed by atoms with Crippen molar-refractivity contribution in [3.05, 3.63) is 48.0 Å². The van der Waals surface area contributed by atoms with Gasteiger partial charge in [-0.05, 0) is 44.0 Å². The first kappa shape index (κ1) is 19.8. The zero-order valence-electron chi connectivity index (χ0n) is 16.6. The molecule has 2 amide bonds. The summed E-state index contributed by atoms with van der Waals surface area (Å²) in [5.41, 5.74) is 2.75. The highest BCUT2D eigenvalue weighted by Crippen LogP contribution is 2.23. The van der Waals surface area contributed by atoms with E-state index in [-0.39, 0.29) is 18.0 Å². The lowest BCUT2D eigenvalue weighted by Crippen LogP contribution is -2.40. The van der Waals surface area contributed by atoms with Crippen LogP contribution in [0.1, 0.15) is 30.1 Å². The summed E-state index contributed by atoms with van der Waals surface area (Å²) in [6.45, 7) is 4.08. The van der Waals surface area contributed by atoms with Crippen molar-refractivity contribution in [1.29, 1.82) is 0 Å². The second-order valence-electron chi connectivity index (χ2n) is 7.07. The summed E-state index contributed by atoms with van der Waals surface area (Å²) in [5, 5.41) is 15.2. The van der Waals surface area contributed by atoms with Crippen molar-refractivity contribution in [3.8, 4) is 11.3 Å². The fourth-order valence-corrected chi connectivity index (χ4v) is 3.70. The maximum atomic E-state index is 12.8. The Balaban J connectivity index is 1.52. The molecule has 1 aromatic carbocycles. The van der Waals surface area contributed by atoms with Crippen LogP contribution in [-0.4, -0.2) is 62.4 Å². The lowest BCUT2D eigenvalue weighted by atomic mass is 10.0. The molecule has 9 heteroatoms. The quantitative estimate of drug-likeness (QED) is 0.670. The van der Waals surface area contributed by atoms with Gasteiger partial charge >= 0.3 is 6.09 Å². The molecule has 0 bridgehead atoms. The molecular formula is C21H23N5O4. The number of nitrogens with zero attached hydrogens (tertiary/aromatic N) is 4. The highest BCUT2D eigenvalue weighted by Gasteiger charge is 2.23. The fourth-order valence-electron chi connectivity index (χ4n) is 3.70. The zero-order chi connectivity index (χ0) is 21.1. The molecule has 9 nitrogen and oxygen atoms in total. The van der Waals surface area contributed by atoms with E-state index in [1.54, 1.807) is 22.7 Å². The number of ether oxygens (including phenoxy) is 1. The molecule has 30 heavy (non-hydrogen) atoms. The second-order valence-corrected chi connectivity index (χ2v) is 7.07. The van der Waals surface area contributed by atoms with E-state index in [1.165, 1.54) is 0 Å². The van der Waals surface area contributed by atoms with Crippen LogP contribution in [0.4, 0.5) is 10.7 Å². The molecule has 0 radical (unpaired) electrons. The number of carbonyl (C=O) groups is 2. The van der Waals surface area contributed by atoms with Crippen LogP contribution in [0.3, 0.4) is 0 Å². The van der Waals surface area contributed by atoms with Crippen LogP contribution < -0.4 is 5.32 Å². The minimum Gasteiger partial charge on any atom is -0.465 e. The molecule has 3 aromatic rings. The van der Waals surface area contributed by atoms with Crippen molar-refractivity contribution in [2.45, 2.75) is 25.9 Å². The standard InChI is InChI=1S/C21H23N5O4/c1-2-30-16-10-12-25(13-11-16)19(27)15-8-6-14(7-9-15)17-4-3-5-18-22-20(23-21(28)29)24-26(17)18/h3-9,16H,2,10-13H2,1H3,(H,23,24)(H,28,29). The maximum absolute atomic E-state index is 12.8. The summed E-state index contributed by atoms with van der Waals surface area (Å²) in [4.78, 5) is 29.7. The number of aromatic nitrogens is 3. The topological polar surface area (TPSA) is 109 Å². The minimum absolute atomic E-state index is 0.0113. The van der Waals surface area contributed by atoms with Gasteiger partial charge < -0.3 is 14.7 Å². The third kappa shape index (κ3) is 4.11. The SMILES string of the molecule is CCOC1CCN(C(=O)c2ccc(-c3cccc4nc(NC(=O)O)nn34)cc2)CC1. The third-order valence-electron chi connectivity index (χ3n) is 5.14. The van der Waals surface area contributed by atoms with E-state index in [1.807, 2.05) is 36.1 Å². The van der Waals surface area contributed by atoms with Crippen molar-refractivity contribution in [2.75, 3.05) is 25.0 Å². The van der Waals surface area contributed by atoms with Crippen molar-refractivity contribution in [1.82, 2.24) is 19.5 Å². The first-order valence-corrected chi connectivity index (χ1v) is 9.92. The number of piperidine rings is 1. The summed E-state index contributed by atoms with van der Waals surface area (Å²) < 4.78 is 7.22. The molecule has 0 aliphatic carbocycles. The largest absolute Gasteiger partial charge is 0.465 e. The number of carboxylic acid groups (broad SMARTS) is 1. The number of amides is 2. The highest BCUT2D eigenvalue weighted by molar-refractivity contribution is 5.94. The summed E-state index contributed by atoms with van der Waals surface area (Å²) in [6, 6.07) is 12.8. The smallest absolute Gasteiger partial charge is 0.411 e. The number of pyridine rings is 1. The summed E-state index contributed by atoms with van der Waals surface area (Å²) >= 11 is 0. The van der Waals surface area contributed by atoms with Gasteiger partial charge in [-0.2, -0.15) is 4.98 Å². The molecule has 0 unspecified atom stereocenters. The molecule has 1 fully saturated rings. The van der Waals surface area contributed by atoms with Gasteiger partial charge in [0.2, 0.25) is 0 Å². The number of fused-ring (bicyclic) bond motifs is 1. The van der Waals surface area contributed by atoms with Crippen molar-refractivity contribution in [3.63, 3.8) is 0 Å². The summed E-state index contributed by atoms with van der Waals surface area (Å²) in [7, 11) is 0. The average molecular weight is 409 g/mol. The van der Waals surface area contributed by atoms with Crippen molar-refractivity contribution >= 4 is 23.6 Å². The van der Waals surface area contributed by atoms with Crippen LogP contribution in [0.25, 0.3) is 16.9 Å². The van der Waals surface area contributed by atoms with Gasteiger partial charge in [-0.1, -0.05) is 18.2 Å². The van der Waals surface area contributed by atoms with Gasteiger partial charge in [-0.25, -0.2) is 9.31 Å². The second kappa shape index (κ2) is 8.50. The Morgan fingerprint density at radius 2 is 1.90 bits per heavy atom. The lowest BCUT2D eigenvalue weighted by Gasteiger charge is -2.31. The predicted molar refractivity (Wildman–Crippen MR) is 111 cm³/mol. The van der Waals surface area contributed by atoms with Crippen LogP contribution >= 0.6 is 0 Å².